The summed E-state index contributed by atoms with van der Waals surface area (Å²) in [7, 11) is 3.49. The Bertz CT molecular complexity index is 430. The Balaban J connectivity index is 2.50. The second-order valence-electron chi connectivity index (χ2n) is 7.75. The molecule has 0 aromatic carbocycles. The number of carbonyl (C=O) groups excluding carboxylic acids is 1. The van der Waals surface area contributed by atoms with Crippen LogP contribution in [0.1, 0.15) is 46.5 Å². The summed E-state index contributed by atoms with van der Waals surface area (Å²) in [6.07, 6.45) is 5.07. The molecule has 132 valence electrons. The Labute approximate surface area is 141 Å². The van der Waals surface area contributed by atoms with Crippen molar-refractivity contribution >= 4 is 11.9 Å². The van der Waals surface area contributed by atoms with Crippen LogP contribution in [0, 0.1) is 11.3 Å². The zero-order valence-electron chi connectivity index (χ0n) is 15.5. The van der Waals surface area contributed by atoms with E-state index in [9.17, 15) is 4.79 Å². The number of carbonyl (C=O) groups is 1. The van der Waals surface area contributed by atoms with Crippen LogP contribution < -0.4 is 10.6 Å². The average molecular weight is 322 g/mol. The van der Waals surface area contributed by atoms with Crippen LogP contribution in [-0.2, 0) is 4.79 Å². The second kappa shape index (κ2) is 8.94. The van der Waals surface area contributed by atoms with Crippen molar-refractivity contribution in [3.05, 3.63) is 12.2 Å². The summed E-state index contributed by atoms with van der Waals surface area (Å²) in [5.41, 5.74) is 1.53. The van der Waals surface area contributed by atoms with Crippen LogP contribution in [0.3, 0.4) is 0 Å². The Hall–Kier alpha value is -1.52. The second-order valence-corrected chi connectivity index (χ2v) is 7.75. The van der Waals surface area contributed by atoms with Gasteiger partial charge in [-0.1, -0.05) is 26.0 Å². The number of nitrogens with one attached hydrogen (secondary N) is 2. The zero-order chi connectivity index (χ0) is 17.5. The van der Waals surface area contributed by atoms with Crippen molar-refractivity contribution in [2.75, 3.05) is 33.7 Å². The fourth-order valence-corrected chi connectivity index (χ4v) is 2.60. The predicted octanol–water partition coefficient (Wildman–Crippen LogP) is 2.40. The van der Waals surface area contributed by atoms with Gasteiger partial charge in [0.2, 0.25) is 5.91 Å². The SMILES string of the molecule is C=C(C)CNC(=NCC(=O)N(C)C)NCC1CCC(C)(C)CC1. The molecule has 0 radical (unpaired) electrons. The van der Waals surface area contributed by atoms with E-state index in [4.69, 9.17) is 0 Å². The van der Waals surface area contributed by atoms with Gasteiger partial charge in [-0.15, -0.1) is 0 Å². The monoisotopic (exact) mass is 322 g/mol. The summed E-state index contributed by atoms with van der Waals surface area (Å²) < 4.78 is 0. The van der Waals surface area contributed by atoms with Crippen molar-refractivity contribution in [3.8, 4) is 0 Å². The minimum absolute atomic E-state index is 0.000779. The summed E-state index contributed by atoms with van der Waals surface area (Å²) >= 11 is 0. The third-order valence-corrected chi connectivity index (χ3v) is 4.45. The van der Waals surface area contributed by atoms with E-state index in [2.05, 4.69) is 36.1 Å². The molecule has 1 aliphatic carbocycles. The number of guanidine groups is 1. The summed E-state index contributed by atoms with van der Waals surface area (Å²) in [6.45, 7) is 12.3. The molecule has 0 aliphatic heterocycles. The first-order chi connectivity index (χ1) is 10.7. The number of rotatable bonds is 6. The number of amides is 1. The Kier molecular flexibility index (Phi) is 7.59. The van der Waals surface area contributed by atoms with Crippen molar-refractivity contribution in [2.45, 2.75) is 46.5 Å². The molecule has 1 fully saturated rings. The first-order valence-corrected chi connectivity index (χ1v) is 8.56. The fraction of sp³-hybridized carbons (Fsp3) is 0.778. The lowest BCUT2D eigenvalue weighted by Gasteiger charge is -2.34. The van der Waals surface area contributed by atoms with Gasteiger partial charge in [0.25, 0.3) is 0 Å². The van der Waals surface area contributed by atoms with Gasteiger partial charge in [0.05, 0.1) is 0 Å². The van der Waals surface area contributed by atoms with E-state index in [-0.39, 0.29) is 12.5 Å². The van der Waals surface area contributed by atoms with Gasteiger partial charge in [-0.25, -0.2) is 4.99 Å². The summed E-state index contributed by atoms with van der Waals surface area (Å²) in [4.78, 5) is 17.7. The summed E-state index contributed by atoms with van der Waals surface area (Å²) in [5.74, 6) is 1.39. The normalized spacial score (nSPS) is 18.4. The van der Waals surface area contributed by atoms with Crippen LogP contribution in [0.4, 0.5) is 0 Å². The lowest BCUT2D eigenvalue weighted by molar-refractivity contribution is -0.127. The molecular formula is C18H34N4O. The molecule has 1 saturated carbocycles. The highest BCUT2D eigenvalue weighted by atomic mass is 16.2. The van der Waals surface area contributed by atoms with Crippen molar-refractivity contribution in [1.82, 2.24) is 15.5 Å². The van der Waals surface area contributed by atoms with Gasteiger partial charge in [0.15, 0.2) is 5.96 Å². The number of aliphatic imine (C=N–C) groups is 1. The molecule has 1 rings (SSSR count). The highest BCUT2D eigenvalue weighted by molar-refractivity contribution is 5.84. The quantitative estimate of drug-likeness (QED) is 0.448. The van der Waals surface area contributed by atoms with Crippen molar-refractivity contribution < 1.29 is 4.79 Å². The minimum Gasteiger partial charge on any atom is -0.356 e. The maximum absolute atomic E-state index is 11.7. The van der Waals surface area contributed by atoms with E-state index in [0.29, 0.717) is 23.8 Å². The van der Waals surface area contributed by atoms with Gasteiger partial charge in [-0.3, -0.25) is 4.79 Å². The molecule has 0 bridgehead atoms. The number of likely N-dealkylation sites (N-methyl/N-ethyl adjacent to an activating group) is 1. The molecule has 1 amide bonds. The third kappa shape index (κ3) is 8.05. The summed E-state index contributed by atoms with van der Waals surface area (Å²) in [6, 6.07) is 0. The van der Waals surface area contributed by atoms with Gasteiger partial charge in [0, 0.05) is 27.2 Å². The molecule has 0 spiro atoms. The highest BCUT2D eigenvalue weighted by Crippen LogP contribution is 2.37. The molecule has 5 heteroatoms. The Morgan fingerprint density at radius 1 is 1.26 bits per heavy atom. The van der Waals surface area contributed by atoms with Crippen molar-refractivity contribution in [2.24, 2.45) is 16.3 Å². The van der Waals surface area contributed by atoms with Crippen LogP contribution in [0.5, 0.6) is 0 Å². The third-order valence-electron chi connectivity index (χ3n) is 4.45. The van der Waals surface area contributed by atoms with Gasteiger partial charge >= 0.3 is 0 Å². The molecule has 0 atom stereocenters. The fourth-order valence-electron chi connectivity index (χ4n) is 2.60. The largest absolute Gasteiger partial charge is 0.356 e. The van der Waals surface area contributed by atoms with E-state index < -0.39 is 0 Å². The number of hydrogen-bond donors (Lipinski definition) is 2. The molecular weight excluding hydrogens is 288 g/mol. The van der Waals surface area contributed by atoms with E-state index in [1.165, 1.54) is 25.7 Å². The maximum Gasteiger partial charge on any atom is 0.243 e. The van der Waals surface area contributed by atoms with E-state index in [1.54, 1.807) is 19.0 Å². The molecule has 5 nitrogen and oxygen atoms in total. The molecule has 0 saturated heterocycles. The summed E-state index contributed by atoms with van der Waals surface area (Å²) in [5, 5.41) is 6.63. The first kappa shape index (κ1) is 19.5. The molecule has 2 N–H and O–H groups in total. The number of nitrogens with zero attached hydrogens (tertiary/aromatic N) is 2. The van der Waals surface area contributed by atoms with Gasteiger partial charge in [-0.05, 0) is 43.9 Å². The van der Waals surface area contributed by atoms with E-state index in [0.717, 1.165) is 12.1 Å². The van der Waals surface area contributed by atoms with Crippen LogP contribution in [0.25, 0.3) is 0 Å². The first-order valence-electron chi connectivity index (χ1n) is 8.56. The smallest absolute Gasteiger partial charge is 0.243 e. The van der Waals surface area contributed by atoms with Crippen molar-refractivity contribution in [1.29, 1.82) is 0 Å². The van der Waals surface area contributed by atoms with E-state index >= 15 is 0 Å². The van der Waals surface area contributed by atoms with Crippen LogP contribution >= 0.6 is 0 Å². The minimum atomic E-state index is 0.000779. The highest BCUT2D eigenvalue weighted by Gasteiger charge is 2.26. The lowest BCUT2D eigenvalue weighted by atomic mass is 9.73. The predicted molar refractivity (Wildman–Crippen MR) is 97.6 cm³/mol. The molecule has 1 aliphatic rings. The molecule has 0 aromatic rings. The van der Waals surface area contributed by atoms with Gasteiger partial charge in [0.1, 0.15) is 6.54 Å². The molecule has 0 unspecified atom stereocenters. The van der Waals surface area contributed by atoms with Crippen LogP contribution in [-0.4, -0.2) is 50.5 Å². The Morgan fingerprint density at radius 3 is 2.39 bits per heavy atom. The Morgan fingerprint density at radius 2 is 1.87 bits per heavy atom. The maximum atomic E-state index is 11.7. The average Bonchev–Trinajstić information content (AvgIpc) is 2.47. The lowest BCUT2D eigenvalue weighted by Crippen LogP contribution is -2.42. The van der Waals surface area contributed by atoms with E-state index in [1.807, 2.05) is 6.92 Å². The number of hydrogen-bond acceptors (Lipinski definition) is 2. The van der Waals surface area contributed by atoms with Gasteiger partial charge in [-0.2, -0.15) is 0 Å². The topological polar surface area (TPSA) is 56.7 Å². The van der Waals surface area contributed by atoms with Gasteiger partial charge < -0.3 is 15.5 Å². The molecule has 23 heavy (non-hydrogen) atoms. The van der Waals surface area contributed by atoms with Crippen LogP contribution in [0.15, 0.2) is 17.1 Å². The van der Waals surface area contributed by atoms with Crippen LogP contribution in [0.2, 0.25) is 0 Å². The molecule has 0 aromatic heterocycles. The zero-order valence-corrected chi connectivity index (χ0v) is 15.5. The van der Waals surface area contributed by atoms with Crippen molar-refractivity contribution in [3.63, 3.8) is 0 Å². The standard InChI is InChI=1S/C18H34N4O/c1-14(2)11-19-17(21-13-16(23)22(5)6)20-12-15-7-9-18(3,4)10-8-15/h15H,1,7-13H2,2-6H3,(H2,19,20,21). The molecule has 0 heterocycles.